The molecule has 0 atom stereocenters. The zero-order valence-corrected chi connectivity index (χ0v) is 11.6. The van der Waals surface area contributed by atoms with Crippen molar-refractivity contribution >= 4 is 27.6 Å². The molecule has 2 N–H and O–H groups in total. The van der Waals surface area contributed by atoms with Crippen molar-refractivity contribution in [2.75, 3.05) is 0 Å². The molecule has 0 saturated carbocycles. The molecule has 0 radical (unpaired) electrons. The van der Waals surface area contributed by atoms with E-state index in [9.17, 15) is 10.2 Å². The van der Waals surface area contributed by atoms with Gasteiger partial charge in [0.15, 0.2) is 0 Å². The van der Waals surface area contributed by atoms with Crippen LogP contribution in [-0.4, -0.2) is 10.2 Å². The van der Waals surface area contributed by atoms with E-state index in [2.05, 4.69) is 6.58 Å². The lowest BCUT2D eigenvalue weighted by Gasteiger charge is -2.13. The van der Waals surface area contributed by atoms with Crippen molar-refractivity contribution in [3.05, 3.63) is 53.6 Å². The lowest BCUT2D eigenvalue weighted by Crippen LogP contribution is -1.88. The van der Waals surface area contributed by atoms with Gasteiger partial charge in [-0.05, 0) is 64.2 Å². The zero-order valence-electron chi connectivity index (χ0n) is 11.6. The Morgan fingerprint density at radius 1 is 0.800 bits per heavy atom. The van der Waals surface area contributed by atoms with Gasteiger partial charge in [0.25, 0.3) is 0 Å². The van der Waals surface area contributed by atoms with Gasteiger partial charge in [0.1, 0.15) is 11.5 Å². The lowest BCUT2D eigenvalue weighted by molar-refractivity contribution is 0.472. The number of hydrogen-bond donors (Lipinski definition) is 2. The first-order chi connectivity index (χ1) is 9.54. The summed E-state index contributed by atoms with van der Waals surface area (Å²) >= 11 is 0. The van der Waals surface area contributed by atoms with Gasteiger partial charge >= 0.3 is 0 Å². The monoisotopic (exact) mass is 264 g/mol. The van der Waals surface area contributed by atoms with E-state index in [1.165, 1.54) is 0 Å². The van der Waals surface area contributed by atoms with Gasteiger partial charge in [-0.1, -0.05) is 30.9 Å². The Balaban J connectivity index is 2.59. The minimum atomic E-state index is 0.269. The highest BCUT2D eigenvalue weighted by Gasteiger charge is 2.11. The largest absolute Gasteiger partial charge is 0.508 e. The second-order valence-electron chi connectivity index (χ2n) is 5.10. The lowest BCUT2D eigenvalue weighted by atomic mass is 9.93. The van der Waals surface area contributed by atoms with E-state index in [-0.39, 0.29) is 11.5 Å². The molecule has 2 nitrogen and oxygen atoms in total. The van der Waals surface area contributed by atoms with E-state index in [0.29, 0.717) is 0 Å². The van der Waals surface area contributed by atoms with Gasteiger partial charge in [-0.3, -0.25) is 0 Å². The molecule has 2 heteroatoms. The molecule has 3 aromatic rings. The van der Waals surface area contributed by atoms with E-state index in [1.807, 2.05) is 32.0 Å². The summed E-state index contributed by atoms with van der Waals surface area (Å²) in [4.78, 5) is 0. The summed E-state index contributed by atoms with van der Waals surface area (Å²) < 4.78 is 0. The number of phenols is 2. The molecule has 0 amide bonds. The van der Waals surface area contributed by atoms with Crippen LogP contribution in [-0.2, 0) is 0 Å². The van der Waals surface area contributed by atoms with Crippen LogP contribution in [0.1, 0.15) is 16.7 Å². The molecule has 0 aromatic heterocycles. The Hall–Kier alpha value is -2.48. The van der Waals surface area contributed by atoms with E-state index in [4.69, 9.17) is 0 Å². The maximum Gasteiger partial charge on any atom is 0.119 e. The highest BCUT2D eigenvalue weighted by Crippen LogP contribution is 2.37. The van der Waals surface area contributed by atoms with Gasteiger partial charge in [-0.2, -0.15) is 0 Å². The van der Waals surface area contributed by atoms with Gasteiger partial charge in [0, 0.05) is 0 Å². The van der Waals surface area contributed by atoms with Gasteiger partial charge in [0.2, 0.25) is 0 Å². The number of aryl methyl sites for hydroxylation is 1. The predicted molar refractivity (Wildman–Crippen MR) is 84.3 cm³/mol. The second kappa shape index (κ2) is 4.27. The van der Waals surface area contributed by atoms with Crippen molar-refractivity contribution < 1.29 is 10.2 Å². The first-order valence-electron chi connectivity index (χ1n) is 6.54. The highest BCUT2D eigenvalue weighted by atomic mass is 16.3. The molecule has 0 heterocycles. The molecular weight excluding hydrogens is 248 g/mol. The number of hydrogen-bond acceptors (Lipinski definition) is 2. The van der Waals surface area contributed by atoms with Crippen LogP contribution < -0.4 is 0 Å². The fraction of sp³-hybridized carbons (Fsp3) is 0.111. The predicted octanol–water partition coefficient (Wildman–Crippen LogP) is 4.66. The maximum absolute atomic E-state index is 10.1. The average molecular weight is 264 g/mol. The SMILES string of the molecule is C=Cc1c(C)c(O)cc2c1ccc1c(C)c(O)ccc12. The van der Waals surface area contributed by atoms with Crippen LogP contribution in [0.15, 0.2) is 36.9 Å². The Bertz CT molecular complexity index is 861. The van der Waals surface area contributed by atoms with E-state index < -0.39 is 0 Å². The van der Waals surface area contributed by atoms with Crippen LogP contribution in [0, 0.1) is 13.8 Å². The molecule has 0 aliphatic heterocycles. The minimum absolute atomic E-state index is 0.269. The Morgan fingerprint density at radius 3 is 2.15 bits per heavy atom. The number of aromatic hydroxyl groups is 2. The summed E-state index contributed by atoms with van der Waals surface area (Å²) in [5, 5.41) is 24.0. The van der Waals surface area contributed by atoms with E-state index >= 15 is 0 Å². The van der Waals surface area contributed by atoms with E-state index in [0.717, 1.165) is 38.2 Å². The van der Waals surface area contributed by atoms with Gasteiger partial charge in [-0.15, -0.1) is 0 Å². The molecule has 20 heavy (non-hydrogen) atoms. The minimum Gasteiger partial charge on any atom is -0.508 e. The third-order valence-electron chi connectivity index (χ3n) is 4.05. The van der Waals surface area contributed by atoms with E-state index in [1.54, 1.807) is 18.2 Å². The average Bonchev–Trinajstić information content (AvgIpc) is 2.44. The van der Waals surface area contributed by atoms with Gasteiger partial charge < -0.3 is 10.2 Å². The molecule has 0 spiro atoms. The molecule has 0 unspecified atom stereocenters. The Labute approximate surface area is 117 Å². The van der Waals surface area contributed by atoms with Crippen LogP contribution in [0.2, 0.25) is 0 Å². The molecule has 0 aliphatic carbocycles. The van der Waals surface area contributed by atoms with Crippen LogP contribution in [0.25, 0.3) is 27.6 Å². The quantitative estimate of drug-likeness (QED) is 0.627. The van der Waals surface area contributed by atoms with Crippen LogP contribution in [0.5, 0.6) is 11.5 Å². The summed E-state index contributed by atoms with van der Waals surface area (Å²) in [6.07, 6.45) is 1.77. The molecular formula is C18H16O2. The number of fused-ring (bicyclic) bond motifs is 3. The Morgan fingerprint density at radius 2 is 1.45 bits per heavy atom. The molecule has 0 fully saturated rings. The van der Waals surface area contributed by atoms with Crippen LogP contribution in [0.3, 0.4) is 0 Å². The molecule has 0 saturated heterocycles. The maximum atomic E-state index is 10.1. The first kappa shape index (κ1) is 12.5. The molecule has 3 rings (SSSR count). The van der Waals surface area contributed by atoms with Crippen molar-refractivity contribution in [3.8, 4) is 11.5 Å². The topological polar surface area (TPSA) is 40.5 Å². The van der Waals surface area contributed by atoms with Crippen molar-refractivity contribution in [2.24, 2.45) is 0 Å². The summed E-state index contributed by atoms with van der Waals surface area (Å²) in [7, 11) is 0. The standard InChI is InChI=1S/C18H16O2/c1-4-12-10(2)18(20)9-16-14(12)6-5-13-11(3)17(19)8-7-15(13)16/h4-9,19-20H,1H2,2-3H3. The molecule has 3 aromatic carbocycles. The van der Waals surface area contributed by atoms with Gasteiger partial charge in [-0.25, -0.2) is 0 Å². The zero-order chi connectivity index (χ0) is 14.4. The highest BCUT2D eigenvalue weighted by molar-refractivity contribution is 6.12. The smallest absolute Gasteiger partial charge is 0.119 e. The number of rotatable bonds is 1. The fourth-order valence-electron chi connectivity index (χ4n) is 2.81. The Kier molecular flexibility index (Phi) is 2.68. The summed E-state index contributed by atoms with van der Waals surface area (Å²) in [5.74, 6) is 0.558. The van der Waals surface area contributed by atoms with Crippen molar-refractivity contribution in [3.63, 3.8) is 0 Å². The third-order valence-corrected chi connectivity index (χ3v) is 4.05. The molecule has 0 bridgehead atoms. The van der Waals surface area contributed by atoms with Crippen molar-refractivity contribution in [2.45, 2.75) is 13.8 Å². The summed E-state index contributed by atoms with van der Waals surface area (Å²) in [6.45, 7) is 7.63. The summed E-state index contributed by atoms with van der Waals surface area (Å²) in [5.41, 5.74) is 2.64. The normalized spacial score (nSPS) is 11.1. The fourth-order valence-corrected chi connectivity index (χ4v) is 2.81. The van der Waals surface area contributed by atoms with Crippen LogP contribution in [0.4, 0.5) is 0 Å². The second-order valence-corrected chi connectivity index (χ2v) is 5.10. The third kappa shape index (κ3) is 1.58. The molecule has 0 aliphatic rings. The first-order valence-corrected chi connectivity index (χ1v) is 6.54. The van der Waals surface area contributed by atoms with Crippen LogP contribution >= 0.6 is 0 Å². The van der Waals surface area contributed by atoms with Crippen molar-refractivity contribution in [1.29, 1.82) is 0 Å². The van der Waals surface area contributed by atoms with Crippen molar-refractivity contribution in [1.82, 2.24) is 0 Å². The summed E-state index contributed by atoms with van der Waals surface area (Å²) in [6, 6.07) is 9.41. The molecule has 100 valence electrons. The number of benzene rings is 3. The number of phenolic OH excluding ortho intramolecular Hbond substituents is 2. The van der Waals surface area contributed by atoms with Gasteiger partial charge in [0.05, 0.1) is 0 Å².